The third-order valence-electron chi connectivity index (χ3n) is 5.07. The quantitative estimate of drug-likeness (QED) is 0.697. The zero-order chi connectivity index (χ0) is 18.6. The summed E-state index contributed by atoms with van der Waals surface area (Å²) in [5, 5.41) is 4.38. The first-order valence-electron chi connectivity index (χ1n) is 9.32. The second kappa shape index (κ2) is 7.98. The van der Waals surface area contributed by atoms with Gasteiger partial charge in [0.05, 0.1) is 17.6 Å². The van der Waals surface area contributed by atoms with Crippen molar-refractivity contribution in [2.45, 2.75) is 20.0 Å². The molecule has 1 aliphatic rings. The zero-order valence-corrected chi connectivity index (χ0v) is 15.6. The third-order valence-corrected chi connectivity index (χ3v) is 5.07. The molecule has 1 aromatic carbocycles. The minimum Gasteiger partial charge on any atom is -0.296 e. The molecule has 0 bridgehead atoms. The smallest absolute Gasteiger partial charge is 0.125 e. The standard InChI is InChI=1S/C21H24FN5/c1-17-4-3-7-23-21(17)16-26-10-8-25(9-11-26)14-18-13-24-27(15-18)20-6-2-5-19(22)12-20/h2-7,12-13,15H,8-11,14,16H2,1H3. The van der Waals surface area contributed by atoms with Crippen LogP contribution in [-0.4, -0.2) is 50.7 Å². The maximum Gasteiger partial charge on any atom is 0.125 e. The number of hydrogen-bond donors (Lipinski definition) is 0. The van der Waals surface area contributed by atoms with Crippen molar-refractivity contribution in [3.05, 3.63) is 77.6 Å². The molecule has 2 aromatic heterocycles. The van der Waals surface area contributed by atoms with Crippen LogP contribution in [0.3, 0.4) is 0 Å². The second-order valence-electron chi connectivity index (χ2n) is 7.09. The molecule has 3 aromatic rings. The molecule has 4 rings (SSSR count). The Bertz CT molecular complexity index is 899. The lowest BCUT2D eigenvalue weighted by Crippen LogP contribution is -2.45. The fourth-order valence-electron chi connectivity index (χ4n) is 3.46. The maximum atomic E-state index is 13.4. The van der Waals surface area contributed by atoms with E-state index >= 15 is 0 Å². The van der Waals surface area contributed by atoms with Crippen LogP contribution in [0.25, 0.3) is 5.69 Å². The molecule has 1 saturated heterocycles. The van der Waals surface area contributed by atoms with Crippen LogP contribution in [0.4, 0.5) is 4.39 Å². The fraction of sp³-hybridized carbons (Fsp3) is 0.333. The average molecular weight is 365 g/mol. The van der Waals surface area contributed by atoms with E-state index in [-0.39, 0.29) is 5.82 Å². The van der Waals surface area contributed by atoms with Gasteiger partial charge in [-0.3, -0.25) is 14.8 Å². The molecule has 6 heteroatoms. The fourth-order valence-corrected chi connectivity index (χ4v) is 3.46. The van der Waals surface area contributed by atoms with Gasteiger partial charge in [-0.25, -0.2) is 9.07 Å². The van der Waals surface area contributed by atoms with Crippen LogP contribution in [0.2, 0.25) is 0 Å². The highest BCUT2D eigenvalue weighted by Gasteiger charge is 2.18. The minimum atomic E-state index is -0.246. The maximum absolute atomic E-state index is 13.4. The van der Waals surface area contributed by atoms with Gasteiger partial charge in [-0.05, 0) is 36.8 Å². The van der Waals surface area contributed by atoms with E-state index in [1.165, 1.54) is 23.4 Å². The van der Waals surface area contributed by atoms with Crippen LogP contribution in [0.1, 0.15) is 16.8 Å². The summed E-state index contributed by atoms with van der Waals surface area (Å²) in [4.78, 5) is 9.40. The van der Waals surface area contributed by atoms with Gasteiger partial charge in [0.2, 0.25) is 0 Å². The van der Waals surface area contributed by atoms with Crippen molar-refractivity contribution in [2.75, 3.05) is 26.2 Å². The summed E-state index contributed by atoms with van der Waals surface area (Å²) in [5.41, 5.74) is 4.32. The lowest BCUT2D eigenvalue weighted by Gasteiger charge is -2.34. The van der Waals surface area contributed by atoms with Crippen LogP contribution in [-0.2, 0) is 13.1 Å². The molecule has 140 valence electrons. The Balaban J connectivity index is 1.31. The van der Waals surface area contributed by atoms with Gasteiger partial charge in [0.1, 0.15) is 5.82 Å². The number of hydrogen-bond acceptors (Lipinski definition) is 4. The normalized spacial score (nSPS) is 15.9. The van der Waals surface area contributed by atoms with E-state index in [1.54, 1.807) is 10.7 Å². The number of benzene rings is 1. The Morgan fingerprint density at radius 1 is 1.00 bits per heavy atom. The Hall–Kier alpha value is -2.57. The minimum absolute atomic E-state index is 0.246. The van der Waals surface area contributed by atoms with Gasteiger partial charge >= 0.3 is 0 Å². The lowest BCUT2D eigenvalue weighted by molar-refractivity contribution is 0.121. The summed E-state index contributed by atoms with van der Waals surface area (Å²) in [6.07, 6.45) is 5.72. The topological polar surface area (TPSA) is 37.2 Å². The predicted molar refractivity (Wildman–Crippen MR) is 103 cm³/mol. The molecule has 1 aliphatic heterocycles. The molecule has 0 amide bonds. The first-order chi connectivity index (χ1) is 13.2. The molecule has 0 atom stereocenters. The summed E-state index contributed by atoms with van der Waals surface area (Å²) in [6, 6.07) is 10.6. The molecule has 0 spiro atoms. The number of piperazine rings is 1. The van der Waals surface area contributed by atoms with Gasteiger partial charge in [0, 0.05) is 57.2 Å². The first-order valence-corrected chi connectivity index (χ1v) is 9.32. The molecule has 0 radical (unpaired) electrons. The van der Waals surface area contributed by atoms with Crippen molar-refractivity contribution in [3.63, 3.8) is 0 Å². The molecule has 0 N–H and O–H groups in total. The second-order valence-corrected chi connectivity index (χ2v) is 7.09. The zero-order valence-electron chi connectivity index (χ0n) is 15.6. The van der Waals surface area contributed by atoms with Gasteiger partial charge < -0.3 is 0 Å². The summed E-state index contributed by atoms with van der Waals surface area (Å²) < 4.78 is 15.1. The van der Waals surface area contributed by atoms with Crippen LogP contribution in [0.15, 0.2) is 55.0 Å². The van der Waals surface area contributed by atoms with Crippen molar-refractivity contribution in [1.82, 2.24) is 24.6 Å². The number of halogens is 1. The van der Waals surface area contributed by atoms with Crippen molar-refractivity contribution < 1.29 is 4.39 Å². The van der Waals surface area contributed by atoms with E-state index in [9.17, 15) is 4.39 Å². The Kier molecular flexibility index (Phi) is 5.27. The summed E-state index contributed by atoms with van der Waals surface area (Å²) in [7, 11) is 0. The summed E-state index contributed by atoms with van der Waals surface area (Å²) in [5.74, 6) is -0.246. The van der Waals surface area contributed by atoms with Gasteiger partial charge in [0.15, 0.2) is 0 Å². The average Bonchev–Trinajstić information content (AvgIpc) is 3.14. The van der Waals surface area contributed by atoms with Gasteiger partial charge in [0.25, 0.3) is 0 Å². The van der Waals surface area contributed by atoms with E-state index < -0.39 is 0 Å². The van der Waals surface area contributed by atoms with Gasteiger partial charge in [-0.15, -0.1) is 0 Å². The Labute approximate surface area is 159 Å². The number of nitrogens with zero attached hydrogens (tertiary/aromatic N) is 5. The van der Waals surface area contributed by atoms with E-state index in [4.69, 9.17) is 0 Å². The summed E-state index contributed by atoms with van der Waals surface area (Å²) in [6.45, 7) is 8.02. The number of aryl methyl sites for hydroxylation is 1. The van der Waals surface area contributed by atoms with E-state index in [1.807, 2.05) is 30.7 Å². The lowest BCUT2D eigenvalue weighted by atomic mass is 10.2. The van der Waals surface area contributed by atoms with Crippen LogP contribution in [0.5, 0.6) is 0 Å². The Morgan fingerprint density at radius 3 is 2.52 bits per heavy atom. The molecule has 5 nitrogen and oxygen atoms in total. The molecule has 0 saturated carbocycles. The molecule has 0 aliphatic carbocycles. The highest BCUT2D eigenvalue weighted by Crippen LogP contribution is 2.14. The molecule has 1 fully saturated rings. The van der Waals surface area contributed by atoms with Crippen molar-refractivity contribution in [3.8, 4) is 5.69 Å². The van der Waals surface area contributed by atoms with Gasteiger partial charge in [-0.1, -0.05) is 12.1 Å². The van der Waals surface area contributed by atoms with Crippen molar-refractivity contribution in [1.29, 1.82) is 0 Å². The van der Waals surface area contributed by atoms with E-state index in [2.05, 4.69) is 32.9 Å². The first kappa shape index (κ1) is 17.8. The van der Waals surface area contributed by atoms with Gasteiger partial charge in [-0.2, -0.15) is 5.10 Å². The monoisotopic (exact) mass is 365 g/mol. The molecule has 0 unspecified atom stereocenters. The largest absolute Gasteiger partial charge is 0.296 e. The predicted octanol–water partition coefficient (Wildman–Crippen LogP) is 3.03. The van der Waals surface area contributed by atoms with Crippen LogP contribution in [0, 0.1) is 12.7 Å². The third kappa shape index (κ3) is 4.40. The van der Waals surface area contributed by atoms with E-state index in [0.29, 0.717) is 0 Å². The Morgan fingerprint density at radius 2 is 1.78 bits per heavy atom. The molecule has 27 heavy (non-hydrogen) atoms. The van der Waals surface area contributed by atoms with Crippen LogP contribution < -0.4 is 0 Å². The number of aromatic nitrogens is 3. The highest BCUT2D eigenvalue weighted by molar-refractivity contribution is 5.31. The van der Waals surface area contributed by atoms with Crippen molar-refractivity contribution >= 4 is 0 Å². The number of rotatable bonds is 5. The summed E-state index contributed by atoms with van der Waals surface area (Å²) >= 11 is 0. The van der Waals surface area contributed by atoms with Crippen molar-refractivity contribution in [2.24, 2.45) is 0 Å². The SMILES string of the molecule is Cc1cccnc1CN1CCN(Cc2cnn(-c3cccc(F)c3)c2)CC1. The number of pyridine rings is 1. The molecular weight excluding hydrogens is 341 g/mol. The van der Waals surface area contributed by atoms with Crippen LogP contribution >= 0.6 is 0 Å². The highest BCUT2D eigenvalue weighted by atomic mass is 19.1. The van der Waals surface area contributed by atoms with E-state index in [0.717, 1.165) is 50.5 Å². The molecular formula is C21H24FN5. The molecule has 3 heterocycles.